The van der Waals surface area contributed by atoms with E-state index in [1.54, 1.807) is 7.11 Å². The van der Waals surface area contributed by atoms with E-state index in [4.69, 9.17) is 15.0 Å². The Morgan fingerprint density at radius 3 is 2.73 bits per heavy atom. The van der Waals surface area contributed by atoms with Crippen LogP contribution < -0.4 is 5.73 Å². The molecule has 0 saturated heterocycles. The SMILES string of the molecule is CCc1c(N)noc1CC1(OC)CCC1. The fraction of sp³-hybridized carbons (Fsp3) is 0.727. The van der Waals surface area contributed by atoms with E-state index >= 15 is 0 Å². The first-order chi connectivity index (χ1) is 7.21. The Bertz CT molecular complexity index is 337. The van der Waals surface area contributed by atoms with E-state index < -0.39 is 0 Å². The van der Waals surface area contributed by atoms with Crippen LogP contribution in [0.1, 0.15) is 37.5 Å². The molecular formula is C11H18N2O2. The minimum Gasteiger partial charge on any atom is -0.381 e. The van der Waals surface area contributed by atoms with Gasteiger partial charge in [0.05, 0.1) is 5.60 Å². The first-order valence-corrected chi connectivity index (χ1v) is 5.49. The highest BCUT2D eigenvalue weighted by atomic mass is 16.5. The van der Waals surface area contributed by atoms with Crippen LogP contribution in [0.25, 0.3) is 0 Å². The van der Waals surface area contributed by atoms with Gasteiger partial charge in [-0.15, -0.1) is 0 Å². The van der Waals surface area contributed by atoms with Gasteiger partial charge in [0.25, 0.3) is 0 Å². The van der Waals surface area contributed by atoms with Crippen LogP contribution in [0, 0.1) is 0 Å². The number of methoxy groups -OCH3 is 1. The second-order valence-corrected chi connectivity index (χ2v) is 4.24. The molecule has 0 spiro atoms. The van der Waals surface area contributed by atoms with Gasteiger partial charge in [-0.3, -0.25) is 0 Å². The molecule has 1 saturated carbocycles. The van der Waals surface area contributed by atoms with Crippen LogP contribution >= 0.6 is 0 Å². The van der Waals surface area contributed by atoms with Gasteiger partial charge in [0.1, 0.15) is 5.76 Å². The highest BCUT2D eigenvalue weighted by molar-refractivity contribution is 5.40. The number of anilines is 1. The van der Waals surface area contributed by atoms with Crippen molar-refractivity contribution in [1.29, 1.82) is 0 Å². The number of nitrogen functional groups attached to an aromatic ring is 1. The van der Waals surface area contributed by atoms with E-state index in [2.05, 4.69) is 12.1 Å². The van der Waals surface area contributed by atoms with Gasteiger partial charge >= 0.3 is 0 Å². The van der Waals surface area contributed by atoms with Gasteiger partial charge in [-0.25, -0.2) is 0 Å². The van der Waals surface area contributed by atoms with E-state index in [9.17, 15) is 0 Å². The molecule has 1 aromatic heterocycles. The molecular weight excluding hydrogens is 192 g/mol. The van der Waals surface area contributed by atoms with Crippen molar-refractivity contribution in [3.8, 4) is 0 Å². The number of hydrogen-bond donors (Lipinski definition) is 1. The lowest BCUT2D eigenvalue weighted by Gasteiger charge is -2.39. The summed E-state index contributed by atoms with van der Waals surface area (Å²) >= 11 is 0. The Balaban J connectivity index is 2.16. The largest absolute Gasteiger partial charge is 0.381 e. The second-order valence-electron chi connectivity index (χ2n) is 4.24. The molecule has 1 aliphatic rings. The fourth-order valence-electron chi connectivity index (χ4n) is 2.19. The summed E-state index contributed by atoms with van der Waals surface area (Å²) < 4.78 is 10.8. The fourth-order valence-corrected chi connectivity index (χ4v) is 2.19. The molecule has 4 heteroatoms. The van der Waals surface area contributed by atoms with Gasteiger partial charge in [0.15, 0.2) is 5.82 Å². The Morgan fingerprint density at radius 1 is 1.53 bits per heavy atom. The molecule has 1 heterocycles. The third-order valence-electron chi connectivity index (χ3n) is 3.43. The third-order valence-corrected chi connectivity index (χ3v) is 3.43. The highest BCUT2D eigenvalue weighted by Gasteiger charge is 2.39. The molecule has 0 unspecified atom stereocenters. The van der Waals surface area contributed by atoms with Gasteiger partial charge in [-0.2, -0.15) is 0 Å². The Kier molecular flexibility index (Phi) is 2.69. The maximum Gasteiger partial charge on any atom is 0.170 e. The summed E-state index contributed by atoms with van der Waals surface area (Å²) in [7, 11) is 1.77. The summed E-state index contributed by atoms with van der Waals surface area (Å²) in [6.45, 7) is 2.06. The maximum atomic E-state index is 5.73. The lowest BCUT2D eigenvalue weighted by molar-refractivity contribution is -0.0745. The third kappa shape index (κ3) is 1.74. The predicted octanol–water partition coefficient (Wildman–Crippen LogP) is 1.93. The van der Waals surface area contributed by atoms with Gasteiger partial charge in [0.2, 0.25) is 0 Å². The van der Waals surface area contributed by atoms with Crippen molar-refractivity contribution >= 4 is 5.82 Å². The molecule has 0 bridgehead atoms. The monoisotopic (exact) mass is 210 g/mol. The average molecular weight is 210 g/mol. The Hall–Kier alpha value is -1.03. The van der Waals surface area contributed by atoms with Crippen LogP contribution in [0.15, 0.2) is 4.52 Å². The zero-order chi connectivity index (χ0) is 10.9. The van der Waals surface area contributed by atoms with Gasteiger partial charge in [0, 0.05) is 19.1 Å². The molecule has 1 aliphatic carbocycles. The molecule has 0 amide bonds. The molecule has 2 rings (SSSR count). The molecule has 0 radical (unpaired) electrons. The molecule has 0 aromatic carbocycles. The van der Waals surface area contributed by atoms with Crippen LogP contribution in [0.4, 0.5) is 5.82 Å². The van der Waals surface area contributed by atoms with Crippen molar-refractivity contribution in [1.82, 2.24) is 5.16 Å². The molecule has 0 atom stereocenters. The quantitative estimate of drug-likeness (QED) is 0.824. The summed E-state index contributed by atoms with van der Waals surface area (Å²) in [4.78, 5) is 0. The standard InChI is InChI=1S/C11H18N2O2/c1-3-8-9(15-13-10(8)12)7-11(14-2)5-4-6-11/h3-7H2,1-2H3,(H2,12,13). The lowest BCUT2D eigenvalue weighted by atomic mass is 9.76. The van der Waals surface area contributed by atoms with Gasteiger partial charge in [-0.1, -0.05) is 12.1 Å². The molecule has 4 nitrogen and oxygen atoms in total. The van der Waals surface area contributed by atoms with Crippen LogP contribution in [-0.2, 0) is 17.6 Å². The average Bonchev–Trinajstić information content (AvgIpc) is 2.53. The van der Waals surface area contributed by atoms with Crippen molar-refractivity contribution in [2.75, 3.05) is 12.8 Å². The molecule has 2 N–H and O–H groups in total. The molecule has 1 fully saturated rings. The van der Waals surface area contributed by atoms with Crippen LogP contribution in [0.3, 0.4) is 0 Å². The van der Waals surface area contributed by atoms with E-state index in [-0.39, 0.29) is 5.60 Å². The summed E-state index contributed by atoms with van der Waals surface area (Å²) in [5.41, 5.74) is 6.75. The van der Waals surface area contributed by atoms with E-state index in [0.717, 1.165) is 37.0 Å². The van der Waals surface area contributed by atoms with Gasteiger partial charge < -0.3 is 15.0 Å². The lowest BCUT2D eigenvalue weighted by Crippen LogP contribution is -2.41. The topological polar surface area (TPSA) is 61.3 Å². The molecule has 1 aromatic rings. The minimum atomic E-state index is -0.0180. The minimum absolute atomic E-state index is 0.0180. The number of hydrogen-bond acceptors (Lipinski definition) is 4. The maximum absolute atomic E-state index is 5.73. The molecule has 84 valence electrons. The summed E-state index contributed by atoms with van der Waals surface area (Å²) in [6, 6.07) is 0. The van der Waals surface area contributed by atoms with E-state index in [0.29, 0.717) is 5.82 Å². The number of rotatable bonds is 4. The van der Waals surface area contributed by atoms with Gasteiger partial charge in [-0.05, 0) is 25.7 Å². The van der Waals surface area contributed by atoms with Crippen molar-refractivity contribution in [3.63, 3.8) is 0 Å². The number of ether oxygens (including phenoxy) is 1. The number of nitrogens with two attached hydrogens (primary N) is 1. The summed E-state index contributed by atoms with van der Waals surface area (Å²) in [6.07, 6.45) is 5.11. The normalized spacial score (nSPS) is 18.8. The summed E-state index contributed by atoms with van der Waals surface area (Å²) in [5.74, 6) is 1.43. The van der Waals surface area contributed by atoms with Crippen molar-refractivity contribution in [2.45, 2.75) is 44.6 Å². The zero-order valence-corrected chi connectivity index (χ0v) is 9.38. The smallest absolute Gasteiger partial charge is 0.170 e. The number of nitrogens with zero attached hydrogens (tertiary/aromatic N) is 1. The highest BCUT2D eigenvalue weighted by Crippen LogP contribution is 2.39. The van der Waals surface area contributed by atoms with Crippen LogP contribution in [0.2, 0.25) is 0 Å². The van der Waals surface area contributed by atoms with Crippen molar-refractivity contribution in [3.05, 3.63) is 11.3 Å². The Morgan fingerprint density at radius 2 is 2.27 bits per heavy atom. The summed E-state index contributed by atoms with van der Waals surface area (Å²) in [5, 5.41) is 3.81. The molecule has 15 heavy (non-hydrogen) atoms. The molecule has 0 aliphatic heterocycles. The van der Waals surface area contributed by atoms with Crippen molar-refractivity contribution in [2.24, 2.45) is 0 Å². The van der Waals surface area contributed by atoms with E-state index in [1.165, 1.54) is 6.42 Å². The van der Waals surface area contributed by atoms with Crippen molar-refractivity contribution < 1.29 is 9.26 Å². The predicted molar refractivity (Wildman–Crippen MR) is 57.6 cm³/mol. The second kappa shape index (κ2) is 3.85. The van der Waals surface area contributed by atoms with Crippen LogP contribution in [-0.4, -0.2) is 17.9 Å². The Labute approximate surface area is 89.8 Å². The van der Waals surface area contributed by atoms with E-state index in [1.807, 2.05) is 0 Å². The number of aromatic nitrogens is 1. The zero-order valence-electron chi connectivity index (χ0n) is 9.38. The first-order valence-electron chi connectivity index (χ1n) is 5.49. The first kappa shape index (κ1) is 10.5. The van der Waals surface area contributed by atoms with Crippen LogP contribution in [0.5, 0.6) is 0 Å².